The van der Waals surface area contributed by atoms with E-state index >= 15 is 0 Å². The zero-order chi connectivity index (χ0) is 11.5. The molecule has 0 unspecified atom stereocenters. The average Bonchev–Trinajstić information content (AvgIpc) is 2.17. The largest absolute Gasteiger partial charge is 0.508 e. The summed E-state index contributed by atoms with van der Waals surface area (Å²) in [5, 5.41) is 0. The van der Waals surface area contributed by atoms with Crippen molar-refractivity contribution >= 4 is 6.16 Å². The predicted molar refractivity (Wildman–Crippen MR) is 58.8 cm³/mol. The summed E-state index contributed by atoms with van der Waals surface area (Å²) in [6.07, 6.45) is 4.86. The fourth-order valence-corrected chi connectivity index (χ4v) is 2.33. The van der Waals surface area contributed by atoms with Gasteiger partial charge in [0, 0.05) is 5.41 Å². The highest BCUT2D eigenvalue weighted by Crippen LogP contribution is 2.45. The highest BCUT2D eigenvalue weighted by molar-refractivity contribution is 5.60. The third-order valence-corrected chi connectivity index (χ3v) is 3.47. The van der Waals surface area contributed by atoms with E-state index in [-0.39, 0.29) is 11.0 Å². The van der Waals surface area contributed by atoms with Gasteiger partial charge in [0.25, 0.3) is 0 Å². The second-order valence-electron chi connectivity index (χ2n) is 5.36. The van der Waals surface area contributed by atoms with E-state index < -0.39 is 6.16 Å². The SMILES string of the molecule is COC(=O)OC1(C(C)(C)C)CCCCC1. The number of hydrogen-bond donors (Lipinski definition) is 0. The summed E-state index contributed by atoms with van der Waals surface area (Å²) in [5.41, 5.74) is -0.361. The molecule has 1 aliphatic carbocycles. The van der Waals surface area contributed by atoms with Crippen molar-refractivity contribution in [2.45, 2.75) is 58.5 Å². The molecule has 1 fully saturated rings. The van der Waals surface area contributed by atoms with Gasteiger partial charge in [-0.05, 0) is 25.7 Å². The van der Waals surface area contributed by atoms with Crippen LogP contribution in [0, 0.1) is 5.41 Å². The molecule has 0 atom stereocenters. The Morgan fingerprint density at radius 3 is 2.07 bits per heavy atom. The van der Waals surface area contributed by atoms with Crippen molar-refractivity contribution in [1.82, 2.24) is 0 Å². The molecule has 0 aromatic heterocycles. The first-order valence-corrected chi connectivity index (χ1v) is 5.68. The van der Waals surface area contributed by atoms with Gasteiger partial charge in [0.05, 0.1) is 7.11 Å². The fraction of sp³-hybridized carbons (Fsp3) is 0.917. The highest BCUT2D eigenvalue weighted by atomic mass is 16.7. The predicted octanol–water partition coefficient (Wildman–Crippen LogP) is 3.52. The molecule has 0 saturated heterocycles. The van der Waals surface area contributed by atoms with Crippen LogP contribution in [0.1, 0.15) is 52.9 Å². The van der Waals surface area contributed by atoms with Crippen molar-refractivity contribution in [3.63, 3.8) is 0 Å². The zero-order valence-corrected chi connectivity index (χ0v) is 10.3. The summed E-state index contributed by atoms with van der Waals surface area (Å²) >= 11 is 0. The van der Waals surface area contributed by atoms with Crippen LogP contribution in [0.25, 0.3) is 0 Å². The van der Waals surface area contributed by atoms with E-state index in [4.69, 9.17) is 4.74 Å². The minimum absolute atomic E-state index is 0.0262. The van der Waals surface area contributed by atoms with Crippen LogP contribution in [0.5, 0.6) is 0 Å². The molecule has 1 aliphatic rings. The number of methoxy groups -OCH3 is 1. The number of ether oxygens (including phenoxy) is 2. The summed E-state index contributed by atoms with van der Waals surface area (Å²) in [6.45, 7) is 6.38. The molecule has 15 heavy (non-hydrogen) atoms. The third-order valence-electron chi connectivity index (χ3n) is 3.47. The topological polar surface area (TPSA) is 35.5 Å². The maximum absolute atomic E-state index is 11.3. The van der Waals surface area contributed by atoms with E-state index in [1.54, 1.807) is 0 Å². The minimum Gasteiger partial charge on any atom is -0.438 e. The molecular formula is C12H22O3. The van der Waals surface area contributed by atoms with Crippen molar-refractivity contribution in [1.29, 1.82) is 0 Å². The summed E-state index contributed by atoms with van der Waals surface area (Å²) < 4.78 is 10.1. The Balaban J connectivity index is 2.80. The van der Waals surface area contributed by atoms with Gasteiger partial charge in [-0.25, -0.2) is 4.79 Å². The summed E-state index contributed by atoms with van der Waals surface area (Å²) in [4.78, 5) is 11.3. The molecule has 0 aromatic rings. The maximum atomic E-state index is 11.3. The lowest BCUT2D eigenvalue weighted by atomic mass is 9.68. The second kappa shape index (κ2) is 4.42. The molecule has 0 spiro atoms. The van der Waals surface area contributed by atoms with Gasteiger partial charge >= 0.3 is 6.16 Å². The summed E-state index contributed by atoms with van der Waals surface area (Å²) in [5.74, 6) is 0. The number of carbonyl (C=O) groups is 1. The molecular weight excluding hydrogens is 192 g/mol. The molecule has 1 rings (SSSR count). The van der Waals surface area contributed by atoms with Crippen LogP contribution >= 0.6 is 0 Å². The van der Waals surface area contributed by atoms with Gasteiger partial charge in [-0.3, -0.25) is 0 Å². The van der Waals surface area contributed by atoms with Gasteiger partial charge in [0.15, 0.2) is 0 Å². The van der Waals surface area contributed by atoms with Crippen LogP contribution < -0.4 is 0 Å². The van der Waals surface area contributed by atoms with E-state index in [1.165, 1.54) is 13.5 Å². The highest BCUT2D eigenvalue weighted by Gasteiger charge is 2.46. The Kier molecular flexibility index (Phi) is 3.63. The van der Waals surface area contributed by atoms with Crippen LogP contribution in [0.15, 0.2) is 0 Å². The number of hydrogen-bond acceptors (Lipinski definition) is 3. The molecule has 88 valence electrons. The van der Waals surface area contributed by atoms with Crippen molar-refractivity contribution in [2.75, 3.05) is 7.11 Å². The van der Waals surface area contributed by atoms with E-state index in [9.17, 15) is 4.79 Å². The molecule has 3 heteroatoms. The van der Waals surface area contributed by atoms with Crippen molar-refractivity contribution in [2.24, 2.45) is 5.41 Å². The van der Waals surface area contributed by atoms with Gasteiger partial charge in [0.1, 0.15) is 5.60 Å². The Hall–Kier alpha value is -0.730. The van der Waals surface area contributed by atoms with Crippen LogP contribution in [0.2, 0.25) is 0 Å². The van der Waals surface area contributed by atoms with Gasteiger partial charge in [-0.15, -0.1) is 0 Å². The third kappa shape index (κ3) is 2.64. The molecule has 0 bridgehead atoms. The molecule has 0 N–H and O–H groups in total. The van der Waals surface area contributed by atoms with Gasteiger partial charge in [-0.1, -0.05) is 27.2 Å². The first-order chi connectivity index (χ1) is 6.91. The Morgan fingerprint density at radius 2 is 1.67 bits per heavy atom. The number of carbonyl (C=O) groups excluding carboxylic acids is 1. The molecule has 0 radical (unpaired) electrons. The average molecular weight is 214 g/mol. The lowest BCUT2D eigenvalue weighted by Crippen LogP contribution is -2.48. The molecule has 0 heterocycles. The quantitative estimate of drug-likeness (QED) is 0.626. The van der Waals surface area contributed by atoms with Gasteiger partial charge < -0.3 is 9.47 Å². The normalized spacial score (nSPS) is 20.8. The molecule has 3 nitrogen and oxygen atoms in total. The zero-order valence-electron chi connectivity index (χ0n) is 10.3. The van der Waals surface area contributed by atoms with Crippen LogP contribution in [-0.4, -0.2) is 18.9 Å². The van der Waals surface area contributed by atoms with E-state index in [0.29, 0.717) is 0 Å². The van der Waals surface area contributed by atoms with E-state index in [1.807, 2.05) is 0 Å². The van der Waals surface area contributed by atoms with Gasteiger partial charge in [0.2, 0.25) is 0 Å². The Morgan fingerprint density at radius 1 is 1.13 bits per heavy atom. The minimum atomic E-state index is -0.549. The van der Waals surface area contributed by atoms with Crippen molar-refractivity contribution < 1.29 is 14.3 Å². The summed E-state index contributed by atoms with van der Waals surface area (Å²) in [6, 6.07) is 0. The molecule has 0 amide bonds. The fourth-order valence-electron chi connectivity index (χ4n) is 2.33. The Bertz CT molecular complexity index is 222. The van der Waals surface area contributed by atoms with Crippen molar-refractivity contribution in [3.8, 4) is 0 Å². The smallest absolute Gasteiger partial charge is 0.438 e. The van der Waals surface area contributed by atoms with Crippen LogP contribution in [-0.2, 0) is 9.47 Å². The van der Waals surface area contributed by atoms with E-state index in [0.717, 1.165) is 25.7 Å². The maximum Gasteiger partial charge on any atom is 0.508 e. The lowest BCUT2D eigenvalue weighted by Gasteiger charge is -2.45. The second-order valence-corrected chi connectivity index (χ2v) is 5.36. The van der Waals surface area contributed by atoms with Crippen LogP contribution in [0.4, 0.5) is 4.79 Å². The lowest BCUT2D eigenvalue weighted by molar-refractivity contribution is -0.111. The summed E-state index contributed by atoms with van der Waals surface area (Å²) in [7, 11) is 1.36. The monoisotopic (exact) mass is 214 g/mol. The van der Waals surface area contributed by atoms with Gasteiger partial charge in [-0.2, -0.15) is 0 Å². The Labute approximate surface area is 92.1 Å². The first kappa shape index (κ1) is 12.3. The van der Waals surface area contributed by atoms with Crippen molar-refractivity contribution in [3.05, 3.63) is 0 Å². The molecule has 0 aromatic carbocycles. The molecule has 1 saturated carbocycles. The standard InChI is InChI=1S/C12H22O3/c1-11(2,3)12(15-10(13)14-4)8-6-5-7-9-12/h5-9H2,1-4H3. The van der Waals surface area contributed by atoms with E-state index in [2.05, 4.69) is 25.5 Å². The van der Waals surface area contributed by atoms with Crippen LogP contribution in [0.3, 0.4) is 0 Å². The number of rotatable bonds is 1. The molecule has 0 aliphatic heterocycles. The first-order valence-electron chi connectivity index (χ1n) is 5.68.